The lowest BCUT2D eigenvalue weighted by atomic mass is 10.1. The lowest BCUT2D eigenvalue weighted by Gasteiger charge is -2.20. The van der Waals surface area contributed by atoms with E-state index in [2.05, 4.69) is 34.1 Å². The number of anilines is 2. The summed E-state index contributed by atoms with van der Waals surface area (Å²) in [5, 5.41) is 3.60. The zero-order valence-corrected chi connectivity index (χ0v) is 12.9. The summed E-state index contributed by atoms with van der Waals surface area (Å²) in [5.41, 5.74) is 0. The molecule has 2 aliphatic carbocycles. The van der Waals surface area contributed by atoms with Gasteiger partial charge in [0, 0.05) is 26.1 Å². The second kappa shape index (κ2) is 5.19. The molecule has 5 heteroatoms. The van der Waals surface area contributed by atoms with Gasteiger partial charge < -0.3 is 10.2 Å². The highest BCUT2D eigenvalue weighted by atomic mass is 15.3. The summed E-state index contributed by atoms with van der Waals surface area (Å²) in [7, 11) is 3.95. The molecule has 0 amide bonds. The Bertz CT molecular complexity index is 439. The van der Waals surface area contributed by atoms with Gasteiger partial charge in [0.05, 0.1) is 0 Å². The lowest BCUT2D eigenvalue weighted by molar-refractivity contribution is 0.561. The number of hydrogen-bond donors (Lipinski definition) is 1. The van der Waals surface area contributed by atoms with Crippen LogP contribution in [0.4, 0.5) is 11.9 Å². The summed E-state index contributed by atoms with van der Waals surface area (Å²) in [6.45, 7) is 4.25. The first-order valence-electron chi connectivity index (χ1n) is 7.74. The lowest BCUT2D eigenvalue weighted by Crippen LogP contribution is -2.27. The Kier molecular flexibility index (Phi) is 3.52. The van der Waals surface area contributed by atoms with Crippen LogP contribution in [0.5, 0.6) is 0 Å². The maximum atomic E-state index is 4.62. The Morgan fingerprint density at radius 2 is 1.60 bits per heavy atom. The highest BCUT2D eigenvalue weighted by molar-refractivity contribution is 5.37. The van der Waals surface area contributed by atoms with Crippen LogP contribution in [0.1, 0.15) is 51.3 Å². The molecule has 0 aliphatic heterocycles. The molecule has 20 heavy (non-hydrogen) atoms. The Balaban J connectivity index is 1.83. The van der Waals surface area contributed by atoms with Crippen molar-refractivity contribution in [2.24, 2.45) is 11.8 Å². The number of aromatic nitrogens is 3. The van der Waals surface area contributed by atoms with E-state index in [1.807, 2.05) is 19.0 Å². The van der Waals surface area contributed by atoms with Crippen LogP contribution in [0.3, 0.4) is 0 Å². The van der Waals surface area contributed by atoms with Gasteiger partial charge >= 0.3 is 0 Å². The first kappa shape index (κ1) is 13.6. The molecule has 110 valence electrons. The van der Waals surface area contributed by atoms with Crippen LogP contribution in [0.2, 0.25) is 0 Å². The third-order valence-electron chi connectivity index (χ3n) is 4.11. The zero-order valence-electron chi connectivity index (χ0n) is 12.9. The summed E-state index contributed by atoms with van der Waals surface area (Å²) in [6.07, 6.45) is 5.43. The number of nitrogens with one attached hydrogen (secondary N) is 1. The molecule has 0 bridgehead atoms. The summed E-state index contributed by atoms with van der Waals surface area (Å²) < 4.78 is 0. The molecule has 0 atom stereocenters. The smallest absolute Gasteiger partial charge is 0.229 e. The summed E-state index contributed by atoms with van der Waals surface area (Å²) in [5.74, 6) is 4.37. The Morgan fingerprint density at radius 1 is 1.00 bits per heavy atom. The van der Waals surface area contributed by atoms with Crippen molar-refractivity contribution >= 4 is 11.9 Å². The SMILES string of the molecule is CC(C)c1nc(NC(C2CC2)C2CC2)nc(N(C)C)n1. The molecule has 1 N–H and O–H groups in total. The molecule has 0 unspecified atom stereocenters. The minimum Gasteiger partial charge on any atom is -0.351 e. The van der Waals surface area contributed by atoms with E-state index >= 15 is 0 Å². The fourth-order valence-corrected chi connectivity index (χ4v) is 2.58. The van der Waals surface area contributed by atoms with Gasteiger partial charge in [-0.05, 0) is 37.5 Å². The largest absolute Gasteiger partial charge is 0.351 e. The van der Waals surface area contributed by atoms with E-state index in [1.165, 1.54) is 25.7 Å². The van der Waals surface area contributed by atoms with E-state index in [4.69, 9.17) is 0 Å². The predicted molar refractivity (Wildman–Crippen MR) is 81.1 cm³/mol. The van der Waals surface area contributed by atoms with Crippen molar-refractivity contribution in [2.75, 3.05) is 24.3 Å². The first-order chi connectivity index (χ1) is 9.54. The average molecular weight is 275 g/mol. The van der Waals surface area contributed by atoms with Crippen molar-refractivity contribution < 1.29 is 0 Å². The van der Waals surface area contributed by atoms with E-state index in [-0.39, 0.29) is 0 Å². The van der Waals surface area contributed by atoms with E-state index in [9.17, 15) is 0 Å². The molecule has 1 aromatic heterocycles. The molecule has 0 radical (unpaired) electrons. The van der Waals surface area contributed by atoms with Gasteiger partial charge in [-0.2, -0.15) is 15.0 Å². The third kappa shape index (κ3) is 3.02. The zero-order chi connectivity index (χ0) is 14.3. The fourth-order valence-electron chi connectivity index (χ4n) is 2.58. The number of hydrogen-bond acceptors (Lipinski definition) is 5. The van der Waals surface area contributed by atoms with Crippen molar-refractivity contribution in [3.05, 3.63) is 5.82 Å². The van der Waals surface area contributed by atoms with Crippen LogP contribution in [0.25, 0.3) is 0 Å². The van der Waals surface area contributed by atoms with Crippen LogP contribution < -0.4 is 10.2 Å². The van der Waals surface area contributed by atoms with Crippen LogP contribution in [-0.4, -0.2) is 35.1 Å². The molecule has 3 rings (SSSR count). The van der Waals surface area contributed by atoms with Gasteiger partial charge in [0.15, 0.2) is 0 Å². The molecule has 2 saturated carbocycles. The molecule has 5 nitrogen and oxygen atoms in total. The highest BCUT2D eigenvalue weighted by Crippen LogP contribution is 2.45. The van der Waals surface area contributed by atoms with Crippen LogP contribution >= 0.6 is 0 Å². The Morgan fingerprint density at radius 3 is 2.05 bits per heavy atom. The fraction of sp³-hybridized carbons (Fsp3) is 0.800. The average Bonchev–Trinajstić information content (AvgIpc) is 3.28. The Hall–Kier alpha value is -1.39. The summed E-state index contributed by atoms with van der Waals surface area (Å²) in [4.78, 5) is 15.7. The van der Waals surface area contributed by atoms with Gasteiger partial charge in [-0.3, -0.25) is 0 Å². The van der Waals surface area contributed by atoms with Gasteiger partial charge in [-0.1, -0.05) is 13.8 Å². The van der Waals surface area contributed by atoms with Crippen LogP contribution in [0.15, 0.2) is 0 Å². The predicted octanol–water partition coefficient (Wildman–Crippen LogP) is 2.66. The monoisotopic (exact) mass is 275 g/mol. The molecule has 1 aromatic rings. The number of rotatable bonds is 6. The van der Waals surface area contributed by atoms with Gasteiger partial charge in [-0.25, -0.2) is 0 Å². The van der Waals surface area contributed by atoms with Crippen LogP contribution in [0, 0.1) is 11.8 Å². The molecule has 0 spiro atoms. The van der Waals surface area contributed by atoms with Crippen molar-refractivity contribution in [2.45, 2.75) is 51.5 Å². The quantitative estimate of drug-likeness (QED) is 0.865. The maximum absolute atomic E-state index is 4.62. The van der Waals surface area contributed by atoms with E-state index < -0.39 is 0 Å². The molecular weight excluding hydrogens is 250 g/mol. The van der Waals surface area contributed by atoms with Crippen molar-refractivity contribution in [3.63, 3.8) is 0 Å². The highest BCUT2D eigenvalue weighted by Gasteiger charge is 2.41. The van der Waals surface area contributed by atoms with Crippen molar-refractivity contribution in [1.29, 1.82) is 0 Å². The van der Waals surface area contributed by atoms with E-state index in [0.717, 1.165) is 29.6 Å². The van der Waals surface area contributed by atoms with E-state index in [1.54, 1.807) is 0 Å². The van der Waals surface area contributed by atoms with Crippen molar-refractivity contribution in [1.82, 2.24) is 15.0 Å². The Labute approximate surface area is 121 Å². The van der Waals surface area contributed by atoms with Gasteiger partial charge in [0.1, 0.15) is 5.82 Å². The van der Waals surface area contributed by atoms with E-state index in [0.29, 0.717) is 12.0 Å². The summed E-state index contributed by atoms with van der Waals surface area (Å²) >= 11 is 0. The number of nitrogens with zero attached hydrogens (tertiary/aromatic N) is 4. The minimum absolute atomic E-state index is 0.317. The van der Waals surface area contributed by atoms with Gasteiger partial charge in [0.25, 0.3) is 0 Å². The molecular formula is C15H25N5. The van der Waals surface area contributed by atoms with Crippen LogP contribution in [-0.2, 0) is 0 Å². The topological polar surface area (TPSA) is 53.9 Å². The molecule has 0 saturated heterocycles. The normalized spacial score (nSPS) is 18.7. The standard InChI is InChI=1S/C15H25N5/c1-9(2)13-17-14(19-15(18-13)20(3)4)16-12(10-5-6-10)11-7-8-11/h9-12H,5-8H2,1-4H3,(H,16,17,18,19). The van der Waals surface area contributed by atoms with Gasteiger partial charge in [0.2, 0.25) is 11.9 Å². The second-order valence-electron chi connectivity index (χ2n) is 6.71. The molecule has 2 fully saturated rings. The minimum atomic E-state index is 0.317. The van der Waals surface area contributed by atoms with Gasteiger partial charge in [-0.15, -0.1) is 0 Å². The maximum Gasteiger partial charge on any atom is 0.229 e. The molecule has 2 aliphatic rings. The third-order valence-corrected chi connectivity index (χ3v) is 4.11. The molecule has 0 aromatic carbocycles. The second-order valence-corrected chi connectivity index (χ2v) is 6.71. The first-order valence-corrected chi connectivity index (χ1v) is 7.74. The summed E-state index contributed by atoms with van der Waals surface area (Å²) in [6, 6.07) is 0.576. The van der Waals surface area contributed by atoms with Crippen molar-refractivity contribution in [3.8, 4) is 0 Å². The molecule has 1 heterocycles.